The molecule has 1 unspecified atom stereocenters. The molecular formula is C20H25F3N2O4. The van der Waals surface area contributed by atoms with Gasteiger partial charge in [0.05, 0.1) is 0 Å². The fraction of sp³-hybridized carbons (Fsp3) is 0.550. The van der Waals surface area contributed by atoms with Gasteiger partial charge in [0.1, 0.15) is 11.9 Å². The molecule has 2 N–H and O–H groups in total. The molecule has 1 heterocycles. The van der Waals surface area contributed by atoms with Gasteiger partial charge in [-0.3, -0.25) is 9.59 Å². The number of halogens is 3. The van der Waals surface area contributed by atoms with E-state index in [-0.39, 0.29) is 30.4 Å². The first-order valence-electron chi connectivity index (χ1n) is 9.55. The standard InChI is InChI=1S/C12H12F3NO.C8H13NO3/c13-9-4-3-8(12(15)10(14)6-9)7-16-5-1-2-11(16)17;1-5(10)9-7(8(11)12)4-6-2-3-6/h3,6H,1-2,4-5,7H2;6-7H,2-4H2,1H3,(H,9,10)(H,11,12). The van der Waals surface area contributed by atoms with Crippen LogP contribution in [0.5, 0.6) is 0 Å². The summed E-state index contributed by atoms with van der Waals surface area (Å²) in [5.74, 6) is -3.77. The van der Waals surface area contributed by atoms with Crippen molar-refractivity contribution >= 4 is 17.8 Å². The fourth-order valence-corrected chi connectivity index (χ4v) is 3.09. The lowest BCUT2D eigenvalue weighted by Gasteiger charge is -2.16. The van der Waals surface area contributed by atoms with Crippen LogP contribution in [0.15, 0.2) is 35.2 Å². The molecule has 3 aliphatic rings. The second-order valence-corrected chi connectivity index (χ2v) is 7.38. The van der Waals surface area contributed by atoms with Crippen molar-refractivity contribution in [2.24, 2.45) is 5.92 Å². The van der Waals surface area contributed by atoms with Gasteiger partial charge in [-0.15, -0.1) is 0 Å². The lowest BCUT2D eigenvalue weighted by Crippen LogP contribution is -2.39. The number of nitrogens with zero attached hydrogens (tertiary/aromatic N) is 1. The first kappa shape index (κ1) is 22.7. The highest BCUT2D eigenvalue weighted by Crippen LogP contribution is 2.33. The first-order valence-corrected chi connectivity index (χ1v) is 9.55. The van der Waals surface area contributed by atoms with Gasteiger partial charge in [0.15, 0.2) is 11.7 Å². The Morgan fingerprint density at radius 3 is 2.52 bits per heavy atom. The zero-order chi connectivity index (χ0) is 21.6. The number of carboxylic acids is 1. The summed E-state index contributed by atoms with van der Waals surface area (Å²) in [6.07, 6.45) is 5.64. The summed E-state index contributed by atoms with van der Waals surface area (Å²) in [4.78, 5) is 34.0. The Morgan fingerprint density at radius 1 is 1.31 bits per heavy atom. The third-order valence-electron chi connectivity index (χ3n) is 4.79. The average molecular weight is 414 g/mol. The van der Waals surface area contributed by atoms with Crippen molar-refractivity contribution in [3.05, 3.63) is 35.2 Å². The molecule has 2 aliphatic carbocycles. The van der Waals surface area contributed by atoms with E-state index in [9.17, 15) is 27.6 Å². The number of amides is 2. The van der Waals surface area contributed by atoms with Crippen LogP contribution in [0.25, 0.3) is 0 Å². The second-order valence-electron chi connectivity index (χ2n) is 7.38. The van der Waals surface area contributed by atoms with E-state index in [2.05, 4.69) is 5.32 Å². The number of likely N-dealkylation sites (tertiary alicyclic amines) is 1. The highest BCUT2D eigenvalue weighted by atomic mass is 19.2. The van der Waals surface area contributed by atoms with E-state index in [1.165, 1.54) is 17.9 Å². The van der Waals surface area contributed by atoms with Gasteiger partial charge in [-0.25, -0.2) is 18.0 Å². The predicted molar refractivity (Wildman–Crippen MR) is 99.5 cm³/mol. The van der Waals surface area contributed by atoms with Crippen LogP contribution in [0.1, 0.15) is 45.4 Å². The molecule has 160 valence electrons. The number of carbonyl (C=O) groups is 3. The SMILES string of the molecule is CC(=O)NC(CC1CC1)C(=O)O.O=C1CCCN1CC1=CCC(F)=CC(F)=C1F. The Labute approximate surface area is 167 Å². The quantitative estimate of drug-likeness (QED) is 0.698. The number of hydrogen-bond acceptors (Lipinski definition) is 3. The maximum Gasteiger partial charge on any atom is 0.326 e. The van der Waals surface area contributed by atoms with E-state index < -0.39 is 29.5 Å². The van der Waals surface area contributed by atoms with Crippen LogP contribution in [0.3, 0.4) is 0 Å². The molecule has 0 bridgehead atoms. The molecule has 0 aromatic rings. The summed E-state index contributed by atoms with van der Waals surface area (Å²) in [5, 5.41) is 11.1. The third kappa shape index (κ3) is 7.40. The number of allylic oxidation sites excluding steroid dienone is 4. The number of hydrogen-bond donors (Lipinski definition) is 2. The molecule has 1 saturated heterocycles. The molecular weight excluding hydrogens is 389 g/mol. The Morgan fingerprint density at radius 2 is 2.00 bits per heavy atom. The van der Waals surface area contributed by atoms with Crippen molar-refractivity contribution < 1.29 is 32.7 Å². The van der Waals surface area contributed by atoms with Crippen molar-refractivity contribution in [1.29, 1.82) is 0 Å². The Kier molecular flexibility index (Phi) is 8.04. The Balaban J connectivity index is 0.000000221. The molecule has 1 aliphatic heterocycles. The maximum absolute atomic E-state index is 13.5. The summed E-state index contributed by atoms with van der Waals surface area (Å²) in [7, 11) is 0. The number of nitrogens with one attached hydrogen (secondary N) is 1. The zero-order valence-corrected chi connectivity index (χ0v) is 16.2. The number of carbonyl (C=O) groups excluding carboxylic acids is 2. The van der Waals surface area contributed by atoms with E-state index in [0.29, 0.717) is 31.4 Å². The van der Waals surface area contributed by atoms with Crippen LogP contribution >= 0.6 is 0 Å². The Hall–Kier alpha value is -2.58. The van der Waals surface area contributed by atoms with Gasteiger partial charge < -0.3 is 15.3 Å². The van der Waals surface area contributed by atoms with Crippen LogP contribution in [0.2, 0.25) is 0 Å². The van der Waals surface area contributed by atoms with Crippen molar-refractivity contribution in [3.63, 3.8) is 0 Å². The molecule has 29 heavy (non-hydrogen) atoms. The fourth-order valence-electron chi connectivity index (χ4n) is 3.09. The summed E-state index contributed by atoms with van der Waals surface area (Å²) >= 11 is 0. The van der Waals surface area contributed by atoms with Gasteiger partial charge in [-0.2, -0.15) is 0 Å². The number of aliphatic carboxylic acids is 1. The van der Waals surface area contributed by atoms with E-state index in [0.717, 1.165) is 19.3 Å². The van der Waals surface area contributed by atoms with Crippen LogP contribution in [0, 0.1) is 5.92 Å². The smallest absolute Gasteiger partial charge is 0.326 e. The maximum atomic E-state index is 13.5. The molecule has 2 fully saturated rings. The third-order valence-corrected chi connectivity index (χ3v) is 4.79. The van der Waals surface area contributed by atoms with E-state index in [1.807, 2.05) is 0 Å². The minimum Gasteiger partial charge on any atom is -0.480 e. The van der Waals surface area contributed by atoms with Crippen LogP contribution in [-0.2, 0) is 14.4 Å². The summed E-state index contributed by atoms with van der Waals surface area (Å²) in [6.45, 7) is 1.89. The molecule has 9 heteroatoms. The lowest BCUT2D eigenvalue weighted by molar-refractivity contribution is -0.141. The molecule has 1 atom stereocenters. The highest BCUT2D eigenvalue weighted by Gasteiger charge is 2.29. The summed E-state index contributed by atoms with van der Waals surface area (Å²) < 4.78 is 39.6. The van der Waals surface area contributed by atoms with Crippen molar-refractivity contribution in [1.82, 2.24) is 10.2 Å². The normalized spacial score (nSPS) is 20.3. The minimum atomic E-state index is -1.21. The van der Waals surface area contributed by atoms with Gasteiger partial charge in [-0.05, 0) is 18.8 Å². The van der Waals surface area contributed by atoms with Gasteiger partial charge in [0, 0.05) is 44.5 Å². The van der Waals surface area contributed by atoms with Crippen LogP contribution in [0.4, 0.5) is 13.2 Å². The van der Waals surface area contributed by atoms with E-state index >= 15 is 0 Å². The molecule has 3 rings (SSSR count). The van der Waals surface area contributed by atoms with Gasteiger partial charge in [0.25, 0.3) is 0 Å². The van der Waals surface area contributed by atoms with E-state index in [4.69, 9.17) is 5.11 Å². The molecule has 1 saturated carbocycles. The predicted octanol–water partition coefficient (Wildman–Crippen LogP) is 3.32. The largest absolute Gasteiger partial charge is 0.480 e. The zero-order valence-electron chi connectivity index (χ0n) is 16.2. The summed E-state index contributed by atoms with van der Waals surface area (Å²) in [6, 6.07) is -0.685. The topological polar surface area (TPSA) is 86.7 Å². The minimum absolute atomic E-state index is 0.0131. The van der Waals surface area contributed by atoms with Gasteiger partial charge in [0.2, 0.25) is 11.8 Å². The molecule has 0 aromatic heterocycles. The van der Waals surface area contributed by atoms with Gasteiger partial charge in [-0.1, -0.05) is 18.9 Å². The second kappa shape index (κ2) is 10.3. The van der Waals surface area contributed by atoms with Crippen LogP contribution in [-0.4, -0.2) is 46.9 Å². The first-order chi connectivity index (χ1) is 13.7. The molecule has 0 spiro atoms. The highest BCUT2D eigenvalue weighted by molar-refractivity contribution is 5.82. The average Bonchev–Trinajstić information content (AvgIpc) is 3.39. The molecule has 0 radical (unpaired) electrons. The molecule has 6 nitrogen and oxygen atoms in total. The van der Waals surface area contributed by atoms with Crippen molar-refractivity contribution in [2.45, 2.75) is 51.5 Å². The van der Waals surface area contributed by atoms with Crippen LogP contribution < -0.4 is 5.32 Å². The summed E-state index contributed by atoms with van der Waals surface area (Å²) in [5.41, 5.74) is 0.0432. The van der Waals surface area contributed by atoms with E-state index in [1.54, 1.807) is 0 Å². The van der Waals surface area contributed by atoms with Gasteiger partial charge >= 0.3 is 5.97 Å². The van der Waals surface area contributed by atoms with Crippen molar-refractivity contribution in [2.75, 3.05) is 13.1 Å². The molecule has 0 aromatic carbocycles. The number of carboxylic acid groups (broad SMARTS) is 1. The Bertz CT molecular complexity index is 757. The number of rotatable bonds is 6. The van der Waals surface area contributed by atoms with Crippen molar-refractivity contribution in [3.8, 4) is 0 Å². The molecule has 2 amide bonds. The lowest BCUT2D eigenvalue weighted by atomic mass is 10.1. The monoisotopic (exact) mass is 414 g/mol.